The van der Waals surface area contributed by atoms with Crippen LogP contribution in [0.3, 0.4) is 0 Å². The predicted octanol–water partition coefficient (Wildman–Crippen LogP) is 1.26. The second-order valence-corrected chi connectivity index (χ2v) is 6.21. The van der Waals surface area contributed by atoms with E-state index in [0.29, 0.717) is 11.0 Å². The van der Waals surface area contributed by atoms with Crippen molar-refractivity contribution in [1.82, 2.24) is 24.7 Å². The van der Waals surface area contributed by atoms with Crippen molar-refractivity contribution < 1.29 is 0 Å². The zero-order chi connectivity index (χ0) is 15.0. The summed E-state index contributed by atoms with van der Waals surface area (Å²) in [7, 11) is 0. The van der Waals surface area contributed by atoms with Crippen LogP contribution in [0.2, 0.25) is 0 Å². The lowest BCUT2D eigenvalue weighted by Gasteiger charge is -2.14. The van der Waals surface area contributed by atoms with E-state index in [2.05, 4.69) is 25.6 Å². The largest absolute Gasteiger partial charge is 0.344 e. The number of hydrazine groups is 1. The smallest absolute Gasteiger partial charge is 0.308 e. The van der Waals surface area contributed by atoms with Gasteiger partial charge in [-0.3, -0.25) is 4.57 Å². The van der Waals surface area contributed by atoms with Gasteiger partial charge < -0.3 is 5.43 Å². The summed E-state index contributed by atoms with van der Waals surface area (Å²) in [6, 6.07) is 0.259. The zero-order valence-corrected chi connectivity index (χ0v) is 12.6. The van der Waals surface area contributed by atoms with Crippen LogP contribution in [0.1, 0.15) is 44.2 Å². The fourth-order valence-electron chi connectivity index (χ4n) is 2.20. The number of nitrogens with one attached hydrogen (secondary N) is 2. The fourth-order valence-corrected chi connectivity index (χ4v) is 3.34. The van der Waals surface area contributed by atoms with Gasteiger partial charge in [-0.2, -0.15) is 0 Å². The van der Waals surface area contributed by atoms with E-state index in [0.717, 1.165) is 23.4 Å². The first-order valence-electron chi connectivity index (χ1n) is 6.78. The van der Waals surface area contributed by atoms with Crippen LogP contribution in [0, 0.1) is 0 Å². The number of hydrogen-bond acceptors (Lipinski definition) is 7. The van der Waals surface area contributed by atoms with Gasteiger partial charge in [-0.1, -0.05) is 13.8 Å². The van der Waals surface area contributed by atoms with Crippen molar-refractivity contribution in [3.8, 4) is 0 Å². The number of rotatable bonds is 5. The average molecular weight is 307 g/mol. The van der Waals surface area contributed by atoms with Crippen molar-refractivity contribution in [3.05, 3.63) is 22.4 Å². The summed E-state index contributed by atoms with van der Waals surface area (Å²) in [5.74, 6) is 6.31. The minimum absolute atomic E-state index is 0.169. The van der Waals surface area contributed by atoms with Gasteiger partial charge in [-0.25, -0.2) is 25.7 Å². The molecule has 0 saturated heterocycles. The number of aromatic nitrogens is 5. The normalized spacial score (nSPS) is 14.7. The first-order valence-corrected chi connectivity index (χ1v) is 7.59. The van der Waals surface area contributed by atoms with Crippen LogP contribution in [-0.2, 0) is 0 Å². The maximum Gasteiger partial charge on any atom is 0.344 e. The summed E-state index contributed by atoms with van der Waals surface area (Å²) in [5, 5.41) is 8.00. The van der Waals surface area contributed by atoms with Crippen molar-refractivity contribution >= 4 is 17.6 Å². The molecule has 0 unspecified atom stereocenters. The monoisotopic (exact) mass is 307 g/mol. The van der Waals surface area contributed by atoms with E-state index in [1.165, 1.54) is 18.1 Å². The van der Waals surface area contributed by atoms with E-state index in [9.17, 15) is 4.79 Å². The third-order valence-electron chi connectivity index (χ3n) is 3.33. The van der Waals surface area contributed by atoms with Crippen LogP contribution >= 0.6 is 11.8 Å². The number of aromatic amines is 1. The molecule has 4 N–H and O–H groups in total. The van der Waals surface area contributed by atoms with Crippen LogP contribution in [0.5, 0.6) is 0 Å². The topological polar surface area (TPSA) is 115 Å². The number of anilines is 1. The van der Waals surface area contributed by atoms with Crippen molar-refractivity contribution in [2.75, 3.05) is 5.43 Å². The molecule has 0 aromatic carbocycles. The minimum atomic E-state index is -0.169. The molecule has 0 amide bonds. The van der Waals surface area contributed by atoms with Gasteiger partial charge in [0.05, 0.1) is 0 Å². The Morgan fingerprint density at radius 2 is 2.24 bits per heavy atom. The van der Waals surface area contributed by atoms with Gasteiger partial charge >= 0.3 is 5.69 Å². The highest BCUT2D eigenvalue weighted by Crippen LogP contribution is 2.39. The molecule has 3 rings (SSSR count). The molecule has 8 nitrogen and oxygen atoms in total. The van der Waals surface area contributed by atoms with Crippen LogP contribution in [0.25, 0.3) is 0 Å². The Balaban J connectivity index is 2.00. The Hall–Kier alpha value is -1.87. The molecule has 2 heterocycles. The van der Waals surface area contributed by atoms with E-state index in [1.807, 2.05) is 13.8 Å². The standard InChI is InChI=1S/C12H17N7OS/c1-6(2)8-9(16-13)14-5-15-10(8)21-12-18-17-11(20)19(12)7-3-4-7/h5-7H,3-4,13H2,1-2H3,(H,17,20)(H,14,15,16). The molecule has 2 aromatic rings. The molecule has 2 aromatic heterocycles. The van der Waals surface area contributed by atoms with Crippen LogP contribution in [0.4, 0.5) is 5.82 Å². The second-order valence-electron chi connectivity index (χ2n) is 5.25. The number of nitrogens with two attached hydrogens (primary N) is 1. The lowest BCUT2D eigenvalue weighted by molar-refractivity contribution is 0.641. The third-order valence-corrected chi connectivity index (χ3v) is 4.32. The van der Waals surface area contributed by atoms with Gasteiger partial charge in [-0.05, 0) is 30.5 Å². The first-order chi connectivity index (χ1) is 10.1. The van der Waals surface area contributed by atoms with Gasteiger partial charge in [0.25, 0.3) is 0 Å². The quantitative estimate of drug-likeness (QED) is 0.432. The molecule has 1 saturated carbocycles. The number of H-pyrrole nitrogens is 1. The molecular weight excluding hydrogens is 290 g/mol. The fraction of sp³-hybridized carbons (Fsp3) is 0.500. The number of hydrogen-bond donors (Lipinski definition) is 3. The Morgan fingerprint density at radius 3 is 2.86 bits per heavy atom. The zero-order valence-electron chi connectivity index (χ0n) is 11.8. The van der Waals surface area contributed by atoms with Crippen LogP contribution in [0.15, 0.2) is 21.3 Å². The third kappa shape index (κ3) is 2.66. The Labute approximate surface area is 125 Å². The van der Waals surface area contributed by atoms with E-state index < -0.39 is 0 Å². The molecule has 0 radical (unpaired) electrons. The van der Waals surface area contributed by atoms with E-state index in [4.69, 9.17) is 5.84 Å². The maximum absolute atomic E-state index is 11.8. The van der Waals surface area contributed by atoms with Crippen molar-refractivity contribution in [1.29, 1.82) is 0 Å². The van der Waals surface area contributed by atoms with Crippen LogP contribution < -0.4 is 17.0 Å². The minimum Gasteiger partial charge on any atom is -0.308 e. The summed E-state index contributed by atoms with van der Waals surface area (Å²) in [6.45, 7) is 4.09. The summed E-state index contributed by atoms with van der Waals surface area (Å²) in [4.78, 5) is 20.3. The van der Waals surface area contributed by atoms with Crippen molar-refractivity contribution in [2.45, 2.75) is 48.8 Å². The molecule has 9 heteroatoms. The van der Waals surface area contributed by atoms with Gasteiger partial charge in [0.2, 0.25) is 0 Å². The summed E-state index contributed by atoms with van der Waals surface area (Å²) < 4.78 is 1.70. The molecule has 1 fully saturated rings. The van der Waals surface area contributed by atoms with E-state index >= 15 is 0 Å². The van der Waals surface area contributed by atoms with Crippen molar-refractivity contribution in [2.24, 2.45) is 5.84 Å². The molecule has 1 aliphatic carbocycles. The highest BCUT2D eigenvalue weighted by Gasteiger charge is 2.29. The lowest BCUT2D eigenvalue weighted by Crippen LogP contribution is -2.16. The van der Waals surface area contributed by atoms with Crippen LogP contribution in [-0.4, -0.2) is 24.7 Å². The lowest BCUT2D eigenvalue weighted by atomic mass is 10.1. The Bertz CT molecular complexity index is 704. The average Bonchev–Trinajstić information content (AvgIpc) is 3.23. The first kappa shape index (κ1) is 14.1. The van der Waals surface area contributed by atoms with E-state index in [1.54, 1.807) is 4.57 Å². The maximum atomic E-state index is 11.8. The molecule has 0 aliphatic heterocycles. The highest BCUT2D eigenvalue weighted by atomic mass is 32.2. The van der Waals surface area contributed by atoms with Crippen molar-refractivity contribution in [3.63, 3.8) is 0 Å². The Morgan fingerprint density at radius 1 is 1.48 bits per heavy atom. The van der Waals surface area contributed by atoms with E-state index in [-0.39, 0.29) is 17.6 Å². The molecule has 0 spiro atoms. The molecular formula is C12H17N7OS. The molecule has 0 atom stereocenters. The highest BCUT2D eigenvalue weighted by molar-refractivity contribution is 7.99. The molecule has 21 heavy (non-hydrogen) atoms. The molecule has 112 valence electrons. The number of nitrogens with zero attached hydrogens (tertiary/aromatic N) is 4. The summed E-state index contributed by atoms with van der Waals surface area (Å²) >= 11 is 1.36. The predicted molar refractivity (Wildman–Crippen MR) is 79.2 cm³/mol. The second kappa shape index (κ2) is 5.49. The SMILES string of the molecule is CC(C)c1c(NN)ncnc1Sc1n[nH]c(=O)n1C1CC1. The van der Waals surface area contributed by atoms with Gasteiger partial charge in [0.1, 0.15) is 17.2 Å². The molecule has 0 bridgehead atoms. The summed E-state index contributed by atoms with van der Waals surface area (Å²) in [6.07, 6.45) is 3.49. The molecule has 1 aliphatic rings. The Kier molecular flexibility index (Phi) is 3.68. The van der Waals surface area contributed by atoms with Gasteiger partial charge in [-0.15, -0.1) is 5.10 Å². The number of nitrogen functional groups attached to an aromatic ring is 1. The summed E-state index contributed by atoms with van der Waals surface area (Å²) in [5.41, 5.74) is 3.35. The van der Waals surface area contributed by atoms with Gasteiger partial charge in [0, 0.05) is 11.6 Å². The van der Waals surface area contributed by atoms with Gasteiger partial charge in [0.15, 0.2) is 5.16 Å².